The second-order valence-electron chi connectivity index (χ2n) is 6.97. The van der Waals surface area contributed by atoms with E-state index in [1.165, 1.54) is 5.56 Å². The zero-order valence-corrected chi connectivity index (χ0v) is 20.9. The number of guanidine groups is 1. The topological polar surface area (TPSA) is 67.6 Å². The van der Waals surface area contributed by atoms with Crippen molar-refractivity contribution in [3.8, 4) is 11.6 Å². The maximum Gasteiger partial charge on any atom is 0.194 e. The molecular formula is C23H31IN6O. The molecule has 31 heavy (non-hydrogen) atoms. The Morgan fingerprint density at radius 1 is 1.10 bits per heavy atom. The number of aryl methyl sites for hydroxylation is 1. The van der Waals surface area contributed by atoms with Crippen LogP contribution in [-0.4, -0.2) is 45.6 Å². The number of halogens is 1. The average molecular weight is 534 g/mol. The number of benzene rings is 1. The van der Waals surface area contributed by atoms with E-state index in [-0.39, 0.29) is 24.0 Å². The van der Waals surface area contributed by atoms with Crippen LogP contribution in [0, 0.1) is 6.92 Å². The minimum absolute atomic E-state index is 0. The highest BCUT2D eigenvalue weighted by Crippen LogP contribution is 2.14. The molecule has 0 amide bonds. The van der Waals surface area contributed by atoms with Gasteiger partial charge in [0.1, 0.15) is 17.4 Å². The average Bonchev–Trinajstić information content (AvgIpc) is 3.19. The maximum absolute atomic E-state index is 5.52. The Labute approximate surface area is 201 Å². The van der Waals surface area contributed by atoms with Crippen LogP contribution in [0.15, 0.2) is 60.0 Å². The summed E-state index contributed by atoms with van der Waals surface area (Å²) in [5.41, 5.74) is 2.26. The first-order chi connectivity index (χ1) is 14.6. The second-order valence-corrected chi connectivity index (χ2v) is 6.97. The van der Waals surface area contributed by atoms with E-state index in [4.69, 9.17) is 9.73 Å². The molecule has 0 atom stereocenters. The fourth-order valence-corrected chi connectivity index (χ4v) is 3.12. The molecule has 0 fully saturated rings. The SMILES string of the molecule is CCNC(=NCc1ccc(-n2ccnc2C)nc1)N(C)Cc1ccc(OCC)cc1.I. The molecule has 3 rings (SSSR count). The van der Waals surface area contributed by atoms with E-state index >= 15 is 0 Å². The van der Waals surface area contributed by atoms with E-state index in [0.717, 1.165) is 42.0 Å². The lowest BCUT2D eigenvalue weighted by Crippen LogP contribution is -2.38. The zero-order chi connectivity index (χ0) is 21.3. The van der Waals surface area contributed by atoms with Gasteiger partial charge >= 0.3 is 0 Å². The monoisotopic (exact) mass is 534 g/mol. The van der Waals surface area contributed by atoms with E-state index in [9.17, 15) is 0 Å². The molecule has 0 unspecified atom stereocenters. The smallest absolute Gasteiger partial charge is 0.194 e. The normalized spacial score (nSPS) is 11.0. The van der Waals surface area contributed by atoms with Crippen molar-refractivity contribution < 1.29 is 4.74 Å². The Bertz CT molecular complexity index is 953. The molecular weight excluding hydrogens is 503 g/mol. The third-order valence-electron chi connectivity index (χ3n) is 4.64. The summed E-state index contributed by atoms with van der Waals surface area (Å²) in [6, 6.07) is 12.2. The second kappa shape index (κ2) is 12.3. The highest BCUT2D eigenvalue weighted by Gasteiger charge is 2.08. The van der Waals surface area contributed by atoms with Crippen molar-refractivity contribution in [2.45, 2.75) is 33.9 Å². The van der Waals surface area contributed by atoms with Gasteiger partial charge in [-0.05, 0) is 50.1 Å². The van der Waals surface area contributed by atoms with Crippen LogP contribution < -0.4 is 10.1 Å². The molecule has 3 aromatic rings. The first-order valence-electron chi connectivity index (χ1n) is 10.3. The summed E-state index contributed by atoms with van der Waals surface area (Å²) in [5.74, 6) is 3.53. The van der Waals surface area contributed by atoms with Gasteiger partial charge < -0.3 is 15.0 Å². The number of rotatable bonds is 8. The van der Waals surface area contributed by atoms with Crippen LogP contribution in [0.5, 0.6) is 5.75 Å². The number of imidazole rings is 1. The molecule has 0 aliphatic heterocycles. The number of pyridine rings is 1. The number of aromatic nitrogens is 3. The maximum atomic E-state index is 5.52. The summed E-state index contributed by atoms with van der Waals surface area (Å²) in [5, 5.41) is 3.36. The Morgan fingerprint density at radius 3 is 2.42 bits per heavy atom. The molecule has 1 aromatic carbocycles. The third kappa shape index (κ3) is 6.95. The van der Waals surface area contributed by atoms with E-state index in [0.29, 0.717) is 13.2 Å². The van der Waals surface area contributed by atoms with Gasteiger partial charge in [0.25, 0.3) is 0 Å². The van der Waals surface area contributed by atoms with Gasteiger partial charge in [-0.15, -0.1) is 24.0 Å². The molecule has 2 aromatic heterocycles. The lowest BCUT2D eigenvalue weighted by Gasteiger charge is -2.22. The molecule has 2 heterocycles. The minimum Gasteiger partial charge on any atom is -0.494 e. The van der Waals surface area contributed by atoms with Crippen LogP contribution >= 0.6 is 24.0 Å². The highest BCUT2D eigenvalue weighted by atomic mass is 127. The third-order valence-corrected chi connectivity index (χ3v) is 4.64. The predicted molar refractivity (Wildman–Crippen MR) is 135 cm³/mol. The molecule has 0 saturated heterocycles. The van der Waals surface area contributed by atoms with Crippen molar-refractivity contribution in [1.82, 2.24) is 24.8 Å². The van der Waals surface area contributed by atoms with Gasteiger partial charge in [-0.25, -0.2) is 15.0 Å². The molecule has 7 nitrogen and oxygen atoms in total. The number of hydrogen-bond acceptors (Lipinski definition) is 4. The molecule has 0 radical (unpaired) electrons. The van der Waals surface area contributed by atoms with Crippen molar-refractivity contribution in [2.24, 2.45) is 4.99 Å². The summed E-state index contributed by atoms with van der Waals surface area (Å²) in [6.45, 7) is 8.83. The molecule has 0 spiro atoms. The Morgan fingerprint density at radius 2 is 1.84 bits per heavy atom. The summed E-state index contributed by atoms with van der Waals surface area (Å²) < 4.78 is 7.48. The van der Waals surface area contributed by atoms with E-state index in [1.54, 1.807) is 6.20 Å². The van der Waals surface area contributed by atoms with Gasteiger partial charge in [-0.2, -0.15) is 0 Å². The molecule has 0 saturated carbocycles. The van der Waals surface area contributed by atoms with Gasteiger partial charge in [-0.3, -0.25) is 4.57 Å². The fourth-order valence-electron chi connectivity index (χ4n) is 3.12. The van der Waals surface area contributed by atoms with Crippen molar-refractivity contribution in [3.05, 3.63) is 71.9 Å². The van der Waals surface area contributed by atoms with Gasteiger partial charge in [0.2, 0.25) is 0 Å². The summed E-state index contributed by atoms with van der Waals surface area (Å²) >= 11 is 0. The van der Waals surface area contributed by atoms with E-state index in [2.05, 4.69) is 45.3 Å². The molecule has 1 N–H and O–H groups in total. The van der Waals surface area contributed by atoms with Gasteiger partial charge in [0, 0.05) is 38.7 Å². The molecule has 8 heteroatoms. The minimum atomic E-state index is 0. The standard InChI is InChI=1S/C23H30N6O.HI/c1-5-24-23(28(4)17-19-7-10-21(11-8-19)30-6-2)27-16-20-9-12-22(26-15-20)29-14-13-25-18(29)3;/h7-15H,5-6,16-17H2,1-4H3,(H,24,27);1H. The molecule has 166 valence electrons. The number of nitrogens with one attached hydrogen (secondary N) is 1. The van der Waals surface area contributed by atoms with Crippen LogP contribution in [0.4, 0.5) is 0 Å². The predicted octanol–water partition coefficient (Wildman–Crippen LogP) is 4.19. The van der Waals surface area contributed by atoms with Crippen molar-refractivity contribution >= 4 is 29.9 Å². The summed E-state index contributed by atoms with van der Waals surface area (Å²) in [4.78, 5) is 15.7. The fraction of sp³-hybridized carbons (Fsp3) is 0.348. The quantitative estimate of drug-likeness (QED) is 0.267. The first-order valence-corrected chi connectivity index (χ1v) is 10.3. The van der Waals surface area contributed by atoms with Gasteiger partial charge in [-0.1, -0.05) is 18.2 Å². The largest absolute Gasteiger partial charge is 0.494 e. The number of hydrogen-bond donors (Lipinski definition) is 1. The van der Waals surface area contributed by atoms with Crippen LogP contribution in [0.25, 0.3) is 5.82 Å². The summed E-state index contributed by atoms with van der Waals surface area (Å²) in [7, 11) is 2.04. The first kappa shape index (κ1) is 24.6. The Balaban J connectivity index is 0.00000341. The van der Waals surface area contributed by atoms with Gasteiger partial charge in [0.05, 0.1) is 13.2 Å². The zero-order valence-electron chi connectivity index (χ0n) is 18.6. The van der Waals surface area contributed by atoms with E-state index in [1.807, 2.05) is 56.1 Å². The van der Waals surface area contributed by atoms with E-state index < -0.39 is 0 Å². The number of ether oxygens (including phenoxy) is 1. The van der Waals surface area contributed by atoms with Gasteiger partial charge in [0.15, 0.2) is 5.96 Å². The summed E-state index contributed by atoms with van der Waals surface area (Å²) in [6.07, 6.45) is 5.56. The lowest BCUT2D eigenvalue weighted by molar-refractivity contribution is 0.340. The van der Waals surface area contributed by atoms with Crippen LogP contribution in [-0.2, 0) is 13.1 Å². The molecule has 0 bridgehead atoms. The van der Waals surface area contributed by atoms with Crippen LogP contribution in [0.3, 0.4) is 0 Å². The Hall–Kier alpha value is -2.62. The van der Waals surface area contributed by atoms with Crippen molar-refractivity contribution in [3.63, 3.8) is 0 Å². The van der Waals surface area contributed by atoms with Crippen molar-refractivity contribution in [1.29, 1.82) is 0 Å². The number of nitrogens with zero attached hydrogens (tertiary/aromatic N) is 5. The molecule has 0 aliphatic carbocycles. The molecule has 0 aliphatic rings. The lowest BCUT2D eigenvalue weighted by atomic mass is 10.2. The van der Waals surface area contributed by atoms with Crippen LogP contribution in [0.1, 0.15) is 30.8 Å². The number of aliphatic imine (C=N–C) groups is 1. The van der Waals surface area contributed by atoms with Crippen LogP contribution in [0.2, 0.25) is 0 Å². The van der Waals surface area contributed by atoms with Crippen molar-refractivity contribution in [2.75, 3.05) is 20.2 Å². The Kier molecular flexibility index (Phi) is 9.77. The highest BCUT2D eigenvalue weighted by molar-refractivity contribution is 14.0.